The predicted molar refractivity (Wildman–Crippen MR) is 158 cm³/mol. The molecule has 0 heterocycles. The molecular formula is C35H32O5. The minimum Gasteiger partial charge on any atom is -0.462 e. The van der Waals surface area contributed by atoms with Crippen LogP contribution in [0.2, 0.25) is 0 Å². The normalized spacial score (nSPS) is 11.4. The Hall–Kier alpha value is -4.79. The van der Waals surface area contributed by atoms with Gasteiger partial charge in [0.1, 0.15) is 18.1 Å². The lowest BCUT2D eigenvalue weighted by Gasteiger charge is -2.10. The molecule has 0 aromatic heterocycles. The van der Waals surface area contributed by atoms with Crippen molar-refractivity contribution in [2.45, 2.75) is 20.3 Å². The second-order valence-electron chi connectivity index (χ2n) is 9.28. The van der Waals surface area contributed by atoms with Crippen LogP contribution in [0.4, 0.5) is 0 Å². The Morgan fingerprint density at radius 3 is 1.65 bits per heavy atom. The lowest BCUT2D eigenvalue weighted by molar-refractivity contribution is -0.222. The monoisotopic (exact) mass is 532 g/mol. The second-order valence-corrected chi connectivity index (χ2v) is 9.28. The maximum absolute atomic E-state index is 12.3. The summed E-state index contributed by atoms with van der Waals surface area (Å²) in [7, 11) is 1.42. The van der Waals surface area contributed by atoms with Gasteiger partial charge < -0.3 is 14.4 Å². The van der Waals surface area contributed by atoms with Gasteiger partial charge in [-0.3, -0.25) is 0 Å². The molecular weight excluding hydrogens is 500 g/mol. The summed E-state index contributed by atoms with van der Waals surface area (Å²) in [6.07, 6.45) is 6.38. The molecule has 0 aliphatic rings. The van der Waals surface area contributed by atoms with Gasteiger partial charge in [0.2, 0.25) is 0 Å². The Labute approximate surface area is 235 Å². The van der Waals surface area contributed by atoms with Gasteiger partial charge in [-0.05, 0) is 69.5 Å². The minimum absolute atomic E-state index is 0.276. The van der Waals surface area contributed by atoms with E-state index in [0.29, 0.717) is 23.8 Å². The fourth-order valence-electron chi connectivity index (χ4n) is 3.88. The fourth-order valence-corrected chi connectivity index (χ4v) is 3.88. The molecule has 0 N–H and O–H groups in total. The molecule has 40 heavy (non-hydrogen) atoms. The molecule has 0 aliphatic heterocycles. The number of allylic oxidation sites excluding steroid dienone is 1. The summed E-state index contributed by atoms with van der Waals surface area (Å²) in [6.45, 7) is 4.61. The molecule has 0 aliphatic carbocycles. The van der Waals surface area contributed by atoms with E-state index in [9.17, 15) is 4.79 Å². The first-order valence-electron chi connectivity index (χ1n) is 13.2. The molecule has 0 amide bonds. The zero-order valence-corrected chi connectivity index (χ0v) is 22.9. The van der Waals surface area contributed by atoms with Gasteiger partial charge in [0.05, 0.1) is 19.3 Å². The number of ether oxygens (including phenoxy) is 2. The Morgan fingerprint density at radius 1 is 0.750 bits per heavy atom. The minimum atomic E-state index is -0.276. The molecule has 5 nitrogen and oxygen atoms in total. The average molecular weight is 533 g/mol. The quantitative estimate of drug-likeness (QED) is 0.0676. The predicted octanol–water partition coefficient (Wildman–Crippen LogP) is 8.32. The van der Waals surface area contributed by atoms with Gasteiger partial charge in [0, 0.05) is 6.08 Å². The summed E-state index contributed by atoms with van der Waals surface area (Å²) in [5.74, 6) is 3.43. The fraction of sp³-hybridized carbons (Fsp3) is 0.171. The van der Waals surface area contributed by atoms with E-state index in [1.807, 2.05) is 48.5 Å². The maximum atomic E-state index is 12.3. The lowest BCUT2D eigenvalue weighted by atomic mass is 9.98. The Kier molecular flexibility index (Phi) is 10.2. The third-order valence-corrected chi connectivity index (χ3v) is 6.47. The van der Waals surface area contributed by atoms with Gasteiger partial charge in [-0.2, -0.15) is 4.89 Å². The Balaban J connectivity index is 1.36. The van der Waals surface area contributed by atoms with E-state index in [1.165, 1.54) is 19.4 Å². The van der Waals surface area contributed by atoms with Crippen LogP contribution < -0.4 is 4.74 Å². The summed E-state index contributed by atoms with van der Waals surface area (Å²) >= 11 is 0. The first-order valence-corrected chi connectivity index (χ1v) is 13.2. The molecule has 0 bridgehead atoms. The SMILES string of the molecule is CCC(C)COC(=O)c1ccc(-c2ccc(-c3ccc(-c4ccc(OC#C/C=C/OOC)cc4)cc3)cc2)cc1. The highest BCUT2D eigenvalue weighted by Gasteiger charge is 2.10. The van der Waals surface area contributed by atoms with Crippen LogP contribution in [0.1, 0.15) is 30.6 Å². The van der Waals surface area contributed by atoms with E-state index in [4.69, 9.17) is 9.47 Å². The van der Waals surface area contributed by atoms with Crippen LogP contribution in [-0.4, -0.2) is 19.7 Å². The largest absolute Gasteiger partial charge is 0.462 e. The van der Waals surface area contributed by atoms with Gasteiger partial charge in [-0.25, -0.2) is 4.79 Å². The first-order chi connectivity index (χ1) is 19.6. The number of rotatable bonds is 10. The summed E-state index contributed by atoms with van der Waals surface area (Å²) in [5.41, 5.74) is 7.18. The molecule has 0 radical (unpaired) electrons. The molecule has 4 rings (SSSR count). The van der Waals surface area contributed by atoms with Crippen LogP contribution >= 0.6 is 0 Å². The molecule has 4 aromatic rings. The standard InChI is InChI=1S/C35H32O5/c1-4-26(2)25-39-35(36)33-17-15-31(16-18-33)29-9-7-27(8-10-29)28-11-13-30(14-12-28)32-19-21-34(22-20-32)38-23-5-6-24-40-37-3/h6-22,24,26H,4,25H2,1-3H3/b24-6+. The molecule has 4 aromatic carbocycles. The third-order valence-electron chi connectivity index (χ3n) is 6.47. The number of esters is 1. The van der Waals surface area contributed by atoms with Crippen LogP contribution in [0.15, 0.2) is 109 Å². The maximum Gasteiger partial charge on any atom is 0.338 e. The molecule has 0 saturated heterocycles. The summed E-state index contributed by atoms with van der Waals surface area (Å²) in [4.78, 5) is 21.3. The average Bonchev–Trinajstić information content (AvgIpc) is 3.02. The van der Waals surface area contributed by atoms with Crippen molar-refractivity contribution in [1.29, 1.82) is 0 Å². The van der Waals surface area contributed by atoms with Gasteiger partial charge in [0.15, 0.2) is 0 Å². The van der Waals surface area contributed by atoms with Crippen molar-refractivity contribution in [3.05, 3.63) is 115 Å². The van der Waals surface area contributed by atoms with E-state index < -0.39 is 0 Å². The van der Waals surface area contributed by atoms with Gasteiger partial charge in [0.25, 0.3) is 0 Å². The molecule has 0 fully saturated rings. The van der Waals surface area contributed by atoms with Crippen molar-refractivity contribution in [2.75, 3.05) is 13.7 Å². The van der Waals surface area contributed by atoms with Crippen molar-refractivity contribution in [3.8, 4) is 51.2 Å². The van der Waals surface area contributed by atoms with Crippen LogP contribution in [0.5, 0.6) is 5.75 Å². The number of benzene rings is 4. The van der Waals surface area contributed by atoms with Crippen molar-refractivity contribution < 1.29 is 24.0 Å². The first kappa shape index (κ1) is 28.2. The van der Waals surface area contributed by atoms with Gasteiger partial charge >= 0.3 is 5.97 Å². The number of carbonyl (C=O) groups excluding carboxylic acids is 1. The van der Waals surface area contributed by atoms with E-state index in [0.717, 1.165) is 39.8 Å². The highest BCUT2D eigenvalue weighted by molar-refractivity contribution is 5.90. The van der Waals surface area contributed by atoms with Crippen molar-refractivity contribution in [1.82, 2.24) is 0 Å². The molecule has 0 spiro atoms. The van der Waals surface area contributed by atoms with Crippen LogP contribution in [0, 0.1) is 17.9 Å². The molecule has 0 saturated carbocycles. The second kappa shape index (κ2) is 14.4. The van der Waals surface area contributed by atoms with Crippen LogP contribution in [0.3, 0.4) is 0 Å². The number of carbonyl (C=O) groups is 1. The Bertz CT molecular complexity index is 1460. The zero-order chi connectivity index (χ0) is 28.2. The Morgan fingerprint density at radius 2 is 1.20 bits per heavy atom. The summed E-state index contributed by atoms with van der Waals surface area (Å²) in [5, 5.41) is 0. The molecule has 1 atom stereocenters. The third kappa shape index (κ3) is 7.86. The lowest BCUT2D eigenvalue weighted by Crippen LogP contribution is -2.11. The number of hydrogen-bond acceptors (Lipinski definition) is 5. The van der Waals surface area contributed by atoms with Gasteiger partial charge in [-0.15, -0.1) is 0 Å². The highest BCUT2D eigenvalue weighted by Crippen LogP contribution is 2.28. The van der Waals surface area contributed by atoms with Gasteiger partial charge in [-0.1, -0.05) is 93.1 Å². The highest BCUT2D eigenvalue weighted by atomic mass is 17.2. The smallest absolute Gasteiger partial charge is 0.338 e. The van der Waals surface area contributed by atoms with Crippen molar-refractivity contribution in [3.63, 3.8) is 0 Å². The molecule has 202 valence electrons. The van der Waals surface area contributed by atoms with Crippen molar-refractivity contribution in [2.24, 2.45) is 5.92 Å². The molecule has 1 unspecified atom stereocenters. The topological polar surface area (TPSA) is 54.0 Å². The van der Waals surface area contributed by atoms with E-state index in [1.54, 1.807) is 0 Å². The molecule has 5 heteroatoms. The summed E-state index contributed by atoms with van der Waals surface area (Å²) in [6, 6.07) is 32.2. The summed E-state index contributed by atoms with van der Waals surface area (Å²) < 4.78 is 10.8. The number of hydrogen-bond donors (Lipinski definition) is 0. The van der Waals surface area contributed by atoms with Crippen LogP contribution in [-0.2, 0) is 14.5 Å². The van der Waals surface area contributed by atoms with E-state index >= 15 is 0 Å². The van der Waals surface area contributed by atoms with Crippen molar-refractivity contribution >= 4 is 5.97 Å². The van der Waals surface area contributed by atoms with E-state index in [2.05, 4.69) is 84.2 Å². The van der Waals surface area contributed by atoms with E-state index in [-0.39, 0.29) is 5.97 Å². The van der Waals surface area contributed by atoms with Crippen LogP contribution in [0.25, 0.3) is 33.4 Å². The zero-order valence-electron chi connectivity index (χ0n) is 22.9.